The van der Waals surface area contributed by atoms with Crippen LogP contribution >= 0.6 is 0 Å². The predicted molar refractivity (Wildman–Crippen MR) is 41.6 cm³/mol. The smallest absolute Gasteiger partial charge is 0.122 e. The molecule has 1 N–H and O–H groups in total. The minimum absolute atomic E-state index is 0.329. The number of para-hydroxylation sites is 1. The lowest BCUT2D eigenvalue weighted by Crippen LogP contribution is -2.25. The van der Waals surface area contributed by atoms with Crippen molar-refractivity contribution in [2.24, 2.45) is 0 Å². The number of rotatable bonds is 0. The summed E-state index contributed by atoms with van der Waals surface area (Å²) in [7, 11) is 0. The number of hydrogen-bond donors (Lipinski definition) is 1. The Morgan fingerprint density at radius 1 is 1.36 bits per heavy atom. The first-order valence-electron chi connectivity index (χ1n) is 3.75. The van der Waals surface area contributed by atoms with E-state index in [1.165, 1.54) is 0 Å². The Bertz CT molecular complexity index is 257. The summed E-state index contributed by atoms with van der Waals surface area (Å²) >= 11 is 0. The molecule has 1 heterocycles. The molecule has 0 amide bonds. The Hall–Kier alpha value is -1.02. The van der Waals surface area contributed by atoms with Crippen LogP contribution in [-0.2, 0) is 6.42 Å². The first kappa shape index (κ1) is 6.68. The van der Waals surface area contributed by atoms with Gasteiger partial charge in [-0.2, -0.15) is 0 Å². The molecule has 0 saturated heterocycles. The molecule has 0 aliphatic carbocycles. The Labute approximate surface area is 65.4 Å². The fraction of sp³-hybridized carbons (Fsp3) is 0.333. The summed E-state index contributed by atoms with van der Waals surface area (Å²) in [5, 5.41) is 9.23. The Balaban J connectivity index is 2.34. The van der Waals surface area contributed by atoms with Gasteiger partial charge in [0.25, 0.3) is 0 Å². The van der Waals surface area contributed by atoms with Crippen LogP contribution in [0.15, 0.2) is 24.3 Å². The first-order valence-corrected chi connectivity index (χ1v) is 3.75. The summed E-state index contributed by atoms with van der Waals surface area (Å²) in [6, 6.07) is 7.82. The van der Waals surface area contributed by atoms with Gasteiger partial charge < -0.3 is 9.84 Å². The molecular weight excluding hydrogens is 140 g/mol. The van der Waals surface area contributed by atoms with Gasteiger partial charge in [0.2, 0.25) is 0 Å². The molecule has 2 nitrogen and oxygen atoms in total. The maximum atomic E-state index is 9.23. The summed E-state index contributed by atoms with van der Waals surface area (Å²) in [6.45, 7) is 0.428. The molecule has 0 unspecified atom stereocenters. The third-order valence-corrected chi connectivity index (χ3v) is 1.86. The third kappa shape index (κ3) is 1.21. The van der Waals surface area contributed by atoms with E-state index in [9.17, 15) is 5.11 Å². The molecule has 11 heavy (non-hydrogen) atoms. The predicted octanol–water partition coefficient (Wildman–Crippen LogP) is 0.982. The van der Waals surface area contributed by atoms with Crippen molar-refractivity contribution in [3.8, 4) is 5.75 Å². The van der Waals surface area contributed by atoms with Crippen molar-refractivity contribution in [1.29, 1.82) is 0 Å². The van der Waals surface area contributed by atoms with E-state index in [-0.39, 0.29) is 6.10 Å². The van der Waals surface area contributed by atoms with Crippen molar-refractivity contribution in [2.75, 3.05) is 6.61 Å². The van der Waals surface area contributed by atoms with Gasteiger partial charge in [-0.15, -0.1) is 0 Å². The maximum absolute atomic E-state index is 9.23. The number of ether oxygens (including phenoxy) is 1. The minimum atomic E-state index is -0.329. The van der Waals surface area contributed by atoms with Crippen molar-refractivity contribution in [3.63, 3.8) is 0 Å². The fourth-order valence-corrected chi connectivity index (χ4v) is 1.31. The topological polar surface area (TPSA) is 29.5 Å². The second kappa shape index (κ2) is 2.55. The van der Waals surface area contributed by atoms with Crippen LogP contribution in [-0.4, -0.2) is 17.8 Å². The molecule has 0 aromatic heterocycles. The monoisotopic (exact) mass is 150 g/mol. The molecule has 0 fully saturated rings. The number of hydrogen-bond acceptors (Lipinski definition) is 2. The molecule has 58 valence electrons. The quantitative estimate of drug-likeness (QED) is 0.597. The van der Waals surface area contributed by atoms with Gasteiger partial charge in [0.05, 0.1) is 6.10 Å². The van der Waals surface area contributed by atoms with Gasteiger partial charge in [0.15, 0.2) is 0 Å². The molecule has 1 aromatic carbocycles. The van der Waals surface area contributed by atoms with Crippen LogP contribution in [0, 0.1) is 0 Å². The SMILES string of the molecule is O[C@H]1COc2ccccc2C1. The van der Waals surface area contributed by atoms with E-state index in [0.717, 1.165) is 17.7 Å². The zero-order valence-corrected chi connectivity index (χ0v) is 6.16. The molecule has 0 bridgehead atoms. The minimum Gasteiger partial charge on any atom is -0.491 e. The highest BCUT2D eigenvalue weighted by atomic mass is 16.5. The summed E-state index contributed by atoms with van der Waals surface area (Å²) in [4.78, 5) is 0. The third-order valence-electron chi connectivity index (χ3n) is 1.86. The lowest BCUT2D eigenvalue weighted by molar-refractivity contribution is 0.0921. The largest absolute Gasteiger partial charge is 0.491 e. The zero-order valence-electron chi connectivity index (χ0n) is 6.16. The van der Waals surface area contributed by atoms with E-state index in [4.69, 9.17) is 4.74 Å². The number of fused-ring (bicyclic) bond motifs is 1. The standard InChI is InChI=1S/C9H10O2/c10-8-5-7-3-1-2-4-9(7)11-6-8/h1-4,8,10H,5-6H2/t8-/m1/s1. The van der Waals surface area contributed by atoms with Crippen LogP contribution in [0.4, 0.5) is 0 Å². The van der Waals surface area contributed by atoms with Gasteiger partial charge in [-0.25, -0.2) is 0 Å². The summed E-state index contributed by atoms with van der Waals surface area (Å²) < 4.78 is 5.29. The van der Waals surface area contributed by atoms with Crippen LogP contribution in [0.25, 0.3) is 0 Å². The van der Waals surface area contributed by atoms with E-state index in [0.29, 0.717) is 6.61 Å². The molecule has 0 saturated carbocycles. The number of benzene rings is 1. The van der Waals surface area contributed by atoms with Gasteiger partial charge >= 0.3 is 0 Å². The zero-order chi connectivity index (χ0) is 7.68. The summed E-state index contributed by atoms with van der Waals surface area (Å²) in [6.07, 6.45) is 0.390. The van der Waals surface area contributed by atoms with Crippen molar-refractivity contribution in [3.05, 3.63) is 29.8 Å². The molecule has 1 aliphatic rings. The van der Waals surface area contributed by atoms with E-state index in [1.54, 1.807) is 0 Å². The van der Waals surface area contributed by atoms with Gasteiger partial charge in [-0.1, -0.05) is 18.2 Å². The lowest BCUT2D eigenvalue weighted by atomic mass is 10.1. The van der Waals surface area contributed by atoms with E-state index in [2.05, 4.69) is 0 Å². The molecular formula is C9H10O2. The van der Waals surface area contributed by atoms with E-state index >= 15 is 0 Å². The van der Waals surface area contributed by atoms with Crippen LogP contribution < -0.4 is 4.74 Å². The van der Waals surface area contributed by atoms with E-state index in [1.807, 2.05) is 24.3 Å². The highest BCUT2D eigenvalue weighted by Gasteiger charge is 2.15. The highest BCUT2D eigenvalue weighted by Crippen LogP contribution is 2.23. The first-order chi connectivity index (χ1) is 5.36. The van der Waals surface area contributed by atoms with Crippen LogP contribution in [0.3, 0.4) is 0 Å². The summed E-state index contributed by atoms with van der Waals surface area (Å²) in [5.41, 5.74) is 1.10. The Morgan fingerprint density at radius 2 is 2.18 bits per heavy atom. The Kier molecular flexibility index (Phi) is 1.55. The van der Waals surface area contributed by atoms with Crippen molar-refractivity contribution >= 4 is 0 Å². The van der Waals surface area contributed by atoms with Gasteiger partial charge in [-0.3, -0.25) is 0 Å². The van der Waals surface area contributed by atoms with Crippen molar-refractivity contribution in [1.82, 2.24) is 0 Å². The molecule has 1 aliphatic heterocycles. The molecule has 1 aromatic rings. The Morgan fingerprint density at radius 3 is 3.09 bits per heavy atom. The van der Waals surface area contributed by atoms with Gasteiger partial charge in [-0.05, 0) is 11.6 Å². The molecule has 0 spiro atoms. The number of aliphatic hydroxyl groups is 1. The average Bonchev–Trinajstić information content (AvgIpc) is 2.04. The van der Waals surface area contributed by atoms with Crippen molar-refractivity contribution in [2.45, 2.75) is 12.5 Å². The molecule has 0 radical (unpaired) electrons. The van der Waals surface area contributed by atoms with Crippen LogP contribution in [0.2, 0.25) is 0 Å². The van der Waals surface area contributed by atoms with E-state index < -0.39 is 0 Å². The van der Waals surface area contributed by atoms with Gasteiger partial charge in [0.1, 0.15) is 12.4 Å². The highest BCUT2D eigenvalue weighted by molar-refractivity contribution is 5.35. The summed E-state index contributed by atoms with van der Waals surface area (Å²) in [5.74, 6) is 0.915. The van der Waals surface area contributed by atoms with Crippen LogP contribution in [0.1, 0.15) is 5.56 Å². The number of aliphatic hydroxyl groups excluding tert-OH is 1. The molecule has 1 atom stereocenters. The van der Waals surface area contributed by atoms with Crippen molar-refractivity contribution < 1.29 is 9.84 Å². The second-order valence-corrected chi connectivity index (χ2v) is 2.78. The average molecular weight is 150 g/mol. The van der Waals surface area contributed by atoms with Crippen LogP contribution in [0.5, 0.6) is 5.75 Å². The normalized spacial score (nSPS) is 22.1. The second-order valence-electron chi connectivity index (χ2n) is 2.78. The molecule has 2 heteroatoms. The molecule has 2 rings (SSSR count). The van der Waals surface area contributed by atoms with Gasteiger partial charge in [0, 0.05) is 6.42 Å². The fourth-order valence-electron chi connectivity index (χ4n) is 1.31. The lowest BCUT2D eigenvalue weighted by Gasteiger charge is -2.20. The maximum Gasteiger partial charge on any atom is 0.122 e.